The Hall–Kier alpha value is -6.00. The quantitative estimate of drug-likeness (QED) is 0.163. The maximum absolute atomic E-state index is 5.07. The van der Waals surface area contributed by atoms with Crippen LogP contribution in [0, 0.1) is 0 Å². The first-order valence-corrected chi connectivity index (χ1v) is 17.9. The Morgan fingerprint density at radius 3 is 1.45 bits per heavy atom. The predicted molar refractivity (Wildman–Crippen MR) is 202 cm³/mol. The summed E-state index contributed by atoms with van der Waals surface area (Å²) in [6.45, 7) is 0. The van der Waals surface area contributed by atoms with E-state index in [9.17, 15) is 0 Å². The Kier molecular flexibility index (Phi) is 7.47. The van der Waals surface area contributed by atoms with E-state index in [4.69, 9.17) is 19.9 Å². The van der Waals surface area contributed by atoms with Gasteiger partial charge in [0.2, 0.25) is 0 Å². The van der Waals surface area contributed by atoms with Crippen molar-refractivity contribution in [3.8, 4) is 66.5 Å². The van der Waals surface area contributed by atoms with Crippen molar-refractivity contribution in [3.63, 3.8) is 0 Å². The van der Waals surface area contributed by atoms with Crippen LogP contribution in [0.25, 0.3) is 87.1 Å². The molecule has 230 valence electrons. The van der Waals surface area contributed by atoms with E-state index in [1.54, 1.807) is 0 Å². The van der Waals surface area contributed by atoms with Crippen molar-refractivity contribution in [2.75, 3.05) is 0 Å². The molecule has 9 rings (SSSR count). The van der Waals surface area contributed by atoms with Crippen LogP contribution in [0.3, 0.4) is 0 Å². The number of benzene rings is 7. The van der Waals surface area contributed by atoms with Crippen LogP contribution in [-0.4, -0.2) is 34.4 Å². The fraction of sp³-hybridized carbons (Fsp3) is 0. The average molecular weight is 692 g/mol. The molecule has 9 aromatic rings. The van der Waals surface area contributed by atoms with Gasteiger partial charge in [0.15, 0.2) is 0 Å². The Balaban J connectivity index is 1.13. The van der Waals surface area contributed by atoms with Gasteiger partial charge in [0.25, 0.3) is 0 Å². The van der Waals surface area contributed by atoms with E-state index in [0.717, 1.165) is 32.3 Å². The van der Waals surface area contributed by atoms with Crippen molar-refractivity contribution in [3.05, 3.63) is 170 Å². The first kappa shape index (κ1) is 29.2. The van der Waals surface area contributed by atoms with E-state index in [2.05, 4.69) is 127 Å². The van der Waals surface area contributed by atoms with Crippen molar-refractivity contribution in [1.29, 1.82) is 0 Å². The summed E-state index contributed by atoms with van der Waals surface area (Å²) in [5.41, 5.74) is 9.80. The molecule has 0 amide bonds. The molecule has 0 saturated heterocycles. The molecule has 2 aromatic heterocycles. The van der Waals surface area contributed by atoms with Gasteiger partial charge in [-0.25, -0.2) is 0 Å². The third-order valence-corrected chi connectivity index (χ3v) is 11.2. The third kappa shape index (κ3) is 5.76. The summed E-state index contributed by atoms with van der Waals surface area (Å²) in [4.78, 5) is 20.1. The molecule has 0 spiro atoms. The predicted octanol–water partition coefficient (Wildman–Crippen LogP) is 10.6. The summed E-state index contributed by atoms with van der Waals surface area (Å²) in [6, 6.07) is 59.1. The smallest absolute Gasteiger partial charge is 0.0465 e. The van der Waals surface area contributed by atoms with E-state index in [1.807, 2.05) is 42.5 Å². The van der Waals surface area contributed by atoms with Gasteiger partial charge in [-0.1, -0.05) is 48.5 Å². The molecule has 0 aliphatic rings. The number of rotatable bonds is 6. The standard InChI is InChI=1S/C44H28N4Se/c1-4-11-29(12-5-1)35-17-10-18-36(27-35)30-19-22-33(23-20-30)42-46-41(32-13-6-2-7-14-32)47-43(48-42)37-24-21-31-25-26-39-40(38(31)28-37)49-44(45-39)34-15-8-3-9-16-34/h1-28H. The molecule has 49 heavy (non-hydrogen) atoms. The van der Waals surface area contributed by atoms with Gasteiger partial charge < -0.3 is 0 Å². The summed E-state index contributed by atoms with van der Waals surface area (Å²) in [7, 11) is 0. The molecule has 2 heterocycles. The maximum atomic E-state index is 5.07. The number of hydrogen-bond acceptors (Lipinski definition) is 4. The van der Waals surface area contributed by atoms with E-state index in [1.165, 1.54) is 37.3 Å². The minimum absolute atomic E-state index is 0.0939. The van der Waals surface area contributed by atoms with Crippen LogP contribution in [0.2, 0.25) is 0 Å². The minimum Gasteiger partial charge on any atom is -0.0617 e. The Labute approximate surface area is 290 Å². The van der Waals surface area contributed by atoms with Crippen molar-refractivity contribution in [2.45, 2.75) is 0 Å². The average Bonchev–Trinajstić information content (AvgIpc) is 3.64. The summed E-state index contributed by atoms with van der Waals surface area (Å²) in [6.07, 6.45) is 0. The van der Waals surface area contributed by atoms with Gasteiger partial charge in [0, 0.05) is 0 Å². The summed E-state index contributed by atoms with van der Waals surface area (Å²) in [5, 5.41) is 2.40. The summed E-state index contributed by atoms with van der Waals surface area (Å²) < 4.78 is 2.46. The van der Waals surface area contributed by atoms with Gasteiger partial charge in [-0.2, -0.15) is 0 Å². The summed E-state index contributed by atoms with van der Waals surface area (Å²) in [5.74, 6) is 1.95. The van der Waals surface area contributed by atoms with Gasteiger partial charge in [-0.3, -0.25) is 0 Å². The second-order valence-corrected chi connectivity index (χ2v) is 14.0. The van der Waals surface area contributed by atoms with Gasteiger partial charge in [-0.15, -0.1) is 0 Å². The number of hydrogen-bond donors (Lipinski definition) is 0. The largest absolute Gasteiger partial charge is 0.0617 e. The van der Waals surface area contributed by atoms with Crippen LogP contribution in [-0.2, 0) is 0 Å². The van der Waals surface area contributed by atoms with Crippen molar-refractivity contribution >= 4 is 35.1 Å². The van der Waals surface area contributed by atoms with Crippen LogP contribution < -0.4 is 0 Å². The zero-order valence-corrected chi connectivity index (χ0v) is 28.1. The molecule has 0 atom stereocenters. The van der Waals surface area contributed by atoms with Gasteiger partial charge in [0.05, 0.1) is 0 Å². The second kappa shape index (κ2) is 12.6. The van der Waals surface area contributed by atoms with Crippen molar-refractivity contribution < 1.29 is 0 Å². The van der Waals surface area contributed by atoms with E-state index in [-0.39, 0.29) is 14.5 Å². The van der Waals surface area contributed by atoms with Crippen molar-refractivity contribution in [1.82, 2.24) is 19.9 Å². The van der Waals surface area contributed by atoms with Crippen LogP contribution in [0.15, 0.2) is 170 Å². The zero-order chi connectivity index (χ0) is 32.6. The topological polar surface area (TPSA) is 51.6 Å². The van der Waals surface area contributed by atoms with E-state index >= 15 is 0 Å². The number of fused-ring (bicyclic) bond motifs is 3. The Morgan fingerprint density at radius 1 is 0.327 bits per heavy atom. The van der Waals surface area contributed by atoms with Crippen LogP contribution in [0.5, 0.6) is 0 Å². The molecule has 0 N–H and O–H groups in total. The fourth-order valence-electron chi connectivity index (χ4n) is 6.22. The minimum atomic E-state index is 0.0939. The molecule has 0 aliphatic heterocycles. The molecule has 0 unspecified atom stereocenters. The van der Waals surface area contributed by atoms with Crippen LogP contribution in [0.4, 0.5) is 0 Å². The van der Waals surface area contributed by atoms with Crippen LogP contribution >= 0.6 is 0 Å². The van der Waals surface area contributed by atoms with E-state index < -0.39 is 0 Å². The molecule has 0 radical (unpaired) electrons. The van der Waals surface area contributed by atoms with Gasteiger partial charge >= 0.3 is 226 Å². The second-order valence-electron chi connectivity index (χ2n) is 11.9. The van der Waals surface area contributed by atoms with Crippen LogP contribution in [0.1, 0.15) is 0 Å². The Bertz CT molecular complexity index is 2580. The zero-order valence-electron chi connectivity index (χ0n) is 26.4. The van der Waals surface area contributed by atoms with Crippen molar-refractivity contribution in [2.24, 2.45) is 0 Å². The molecule has 0 saturated carbocycles. The maximum Gasteiger partial charge on any atom is -0.0465 e. The molecular weight excluding hydrogens is 663 g/mol. The number of nitrogens with zero attached hydrogens (tertiary/aromatic N) is 4. The fourth-order valence-corrected chi connectivity index (χ4v) is 8.52. The van der Waals surface area contributed by atoms with Gasteiger partial charge in [-0.05, 0) is 17.2 Å². The van der Waals surface area contributed by atoms with E-state index in [0.29, 0.717) is 17.5 Å². The summed E-state index contributed by atoms with van der Waals surface area (Å²) >= 11 is 0.0939. The molecule has 0 bridgehead atoms. The SMILES string of the molecule is c1ccc(-c2cccc(-c3ccc(-c4nc(-c5ccccc5)nc(-c5ccc6ccc7nc(-c8ccccc8)[se]c7c6c5)n4)cc3)c2)cc1. The first-order valence-electron chi connectivity index (χ1n) is 16.2. The molecule has 5 heteroatoms. The van der Waals surface area contributed by atoms with Gasteiger partial charge in [0.1, 0.15) is 0 Å². The number of aromatic nitrogens is 4. The third-order valence-electron chi connectivity index (χ3n) is 8.76. The Morgan fingerprint density at radius 2 is 0.796 bits per heavy atom. The molecular formula is C44H28N4Se. The molecule has 0 aliphatic carbocycles. The first-order chi connectivity index (χ1) is 24.2. The monoisotopic (exact) mass is 692 g/mol. The molecule has 0 fully saturated rings. The molecule has 7 aromatic carbocycles. The normalized spacial score (nSPS) is 11.3. The molecule has 4 nitrogen and oxygen atoms in total.